The minimum Gasteiger partial charge on any atom is -0.375 e. The van der Waals surface area contributed by atoms with Gasteiger partial charge in [-0.1, -0.05) is 30.0 Å². The third-order valence-electron chi connectivity index (χ3n) is 3.10. The molecule has 104 valence electrons. The highest BCUT2D eigenvalue weighted by Gasteiger charge is 2.29. The third-order valence-corrected chi connectivity index (χ3v) is 4.69. The topological polar surface area (TPSA) is 88.3 Å². The van der Waals surface area contributed by atoms with Gasteiger partial charge in [-0.3, -0.25) is 0 Å². The largest absolute Gasteiger partial charge is 0.375 e. The van der Waals surface area contributed by atoms with Crippen LogP contribution in [0.15, 0.2) is 49.9 Å². The standard InChI is InChI=1S/C13H10N6S2/c14-12-15-7(5-20-12)6-21-13-17-11-10(18-19-13)8-3-1-2-4-9(8)16-11/h1-5,10H,6H2,(H2,14,15). The first-order valence-electron chi connectivity index (χ1n) is 6.29. The maximum Gasteiger partial charge on any atom is 0.210 e. The highest BCUT2D eigenvalue weighted by atomic mass is 32.2. The summed E-state index contributed by atoms with van der Waals surface area (Å²) in [4.78, 5) is 13.2. The first kappa shape index (κ1) is 12.7. The van der Waals surface area contributed by atoms with Crippen LogP contribution in [0.3, 0.4) is 0 Å². The summed E-state index contributed by atoms with van der Waals surface area (Å²) in [7, 11) is 0. The number of rotatable bonds is 2. The van der Waals surface area contributed by atoms with E-state index in [1.54, 1.807) is 0 Å². The van der Waals surface area contributed by atoms with E-state index in [0.29, 0.717) is 21.9 Å². The van der Waals surface area contributed by atoms with Gasteiger partial charge in [0.25, 0.3) is 0 Å². The van der Waals surface area contributed by atoms with Gasteiger partial charge in [0.15, 0.2) is 17.0 Å². The molecular weight excluding hydrogens is 304 g/mol. The molecule has 0 bridgehead atoms. The van der Waals surface area contributed by atoms with Gasteiger partial charge in [0.1, 0.15) is 0 Å². The number of thioether (sulfide) groups is 1. The van der Waals surface area contributed by atoms with E-state index in [9.17, 15) is 0 Å². The van der Waals surface area contributed by atoms with E-state index in [4.69, 9.17) is 5.73 Å². The van der Waals surface area contributed by atoms with Crippen LogP contribution >= 0.6 is 23.1 Å². The number of hydrogen-bond acceptors (Lipinski definition) is 8. The molecular formula is C13H10N6S2. The van der Waals surface area contributed by atoms with E-state index in [2.05, 4.69) is 25.2 Å². The molecule has 6 nitrogen and oxygen atoms in total. The quantitative estimate of drug-likeness (QED) is 0.919. The molecule has 3 heterocycles. The van der Waals surface area contributed by atoms with Crippen molar-refractivity contribution in [2.24, 2.45) is 20.2 Å². The van der Waals surface area contributed by atoms with Crippen molar-refractivity contribution < 1.29 is 0 Å². The fraction of sp³-hybridized carbons (Fsp3) is 0.154. The summed E-state index contributed by atoms with van der Waals surface area (Å²) in [5.41, 5.74) is 8.54. The van der Waals surface area contributed by atoms with Crippen molar-refractivity contribution in [3.05, 3.63) is 40.9 Å². The van der Waals surface area contributed by atoms with Crippen LogP contribution in [-0.4, -0.2) is 16.0 Å². The van der Waals surface area contributed by atoms with E-state index in [1.165, 1.54) is 23.1 Å². The monoisotopic (exact) mass is 314 g/mol. The molecule has 1 aromatic heterocycles. The summed E-state index contributed by atoms with van der Waals surface area (Å²) in [6.07, 6.45) is 0. The molecule has 0 spiro atoms. The number of hydrogen-bond donors (Lipinski definition) is 1. The number of amidine groups is 2. The predicted molar refractivity (Wildman–Crippen MR) is 86.4 cm³/mol. The van der Waals surface area contributed by atoms with E-state index in [1.807, 2.05) is 29.6 Å². The van der Waals surface area contributed by atoms with Crippen LogP contribution < -0.4 is 5.73 Å². The Balaban J connectivity index is 1.52. The summed E-state index contributed by atoms with van der Waals surface area (Å²) in [5, 5.41) is 11.7. The van der Waals surface area contributed by atoms with E-state index >= 15 is 0 Å². The fourth-order valence-electron chi connectivity index (χ4n) is 2.16. The van der Waals surface area contributed by atoms with Crippen LogP contribution in [0.5, 0.6) is 0 Å². The summed E-state index contributed by atoms with van der Waals surface area (Å²) in [6.45, 7) is 0. The molecule has 2 aromatic rings. The van der Waals surface area contributed by atoms with Crippen LogP contribution in [0.4, 0.5) is 10.8 Å². The normalized spacial score (nSPS) is 19.0. The molecule has 8 heteroatoms. The van der Waals surface area contributed by atoms with Gasteiger partial charge in [0, 0.05) is 16.7 Å². The lowest BCUT2D eigenvalue weighted by molar-refractivity contribution is 0.888. The number of benzene rings is 1. The molecule has 0 fully saturated rings. The van der Waals surface area contributed by atoms with Gasteiger partial charge < -0.3 is 5.73 Å². The van der Waals surface area contributed by atoms with Crippen molar-refractivity contribution in [3.8, 4) is 0 Å². The van der Waals surface area contributed by atoms with Crippen LogP contribution in [0, 0.1) is 0 Å². The molecule has 0 radical (unpaired) electrons. The number of anilines is 1. The highest BCUT2D eigenvalue weighted by Crippen LogP contribution is 2.38. The molecule has 0 aliphatic carbocycles. The number of thiazole rings is 1. The van der Waals surface area contributed by atoms with Crippen molar-refractivity contribution >= 4 is 44.9 Å². The van der Waals surface area contributed by atoms with Crippen LogP contribution in [-0.2, 0) is 5.75 Å². The SMILES string of the molecule is Nc1nc(CSC2=NC3=Nc4ccccc4C3N=N2)cs1. The second-order valence-corrected chi connectivity index (χ2v) is 6.34. The lowest BCUT2D eigenvalue weighted by atomic mass is 10.1. The molecule has 2 N–H and O–H groups in total. The molecule has 1 atom stereocenters. The Morgan fingerprint density at radius 3 is 3.00 bits per heavy atom. The lowest BCUT2D eigenvalue weighted by Crippen LogP contribution is -2.10. The Morgan fingerprint density at radius 1 is 1.24 bits per heavy atom. The number of aromatic nitrogens is 1. The number of para-hydroxylation sites is 1. The second kappa shape index (κ2) is 5.05. The zero-order valence-electron chi connectivity index (χ0n) is 10.8. The van der Waals surface area contributed by atoms with E-state index < -0.39 is 0 Å². The Labute approximate surface area is 128 Å². The minimum atomic E-state index is -0.152. The molecule has 21 heavy (non-hydrogen) atoms. The van der Waals surface area contributed by atoms with Crippen molar-refractivity contribution in [1.29, 1.82) is 0 Å². The summed E-state index contributed by atoms with van der Waals surface area (Å²) in [6, 6.07) is 7.77. The van der Waals surface area contributed by atoms with Crippen LogP contribution in [0.1, 0.15) is 17.3 Å². The molecule has 0 saturated heterocycles. The number of aliphatic imine (C=N–C) groups is 2. The Kier molecular flexibility index (Phi) is 3.04. The number of nitrogens with zero attached hydrogens (tertiary/aromatic N) is 5. The smallest absolute Gasteiger partial charge is 0.210 e. The molecule has 1 unspecified atom stereocenters. The van der Waals surface area contributed by atoms with Gasteiger partial charge in [0.05, 0.1) is 11.4 Å². The Hall–Kier alpha value is -2.06. The Morgan fingerprint density at radius 2 is 2.14 bits per heavy atom. The van der Waals surface area contributed by atoms with Gasteiger partial charge in [-0.25, -0.2) is 15.0 Å². The Bertz CT molecular complexity index is 791. The maximum absolute atomic E-state index is 5.61. The van der Waals surface area contributed by atoms with Gasteiger partial charge in [-0.05, 0) is 6.07 Å². The minimum absolute atomic E-state index is 0.152. The number of fused-ring (bicyclic) bond motifs is 3. The average Bonchev–Trinajstić information content (AvgIpc) is 3.07. The first-order valence-corrected chi connectivity index (χ1v) is 8.16. The van der Waals surface area contributed by atoms with Crippen LogP contribution in [0.2, 0.25) is 0 Å². The van der Waals surface area contributed by atoms with Crippen molar-refractivity contribution in [3.63, 3.8) is 0 Å². The van der Waals surface area contributed by atoms with Crippen LogP contribution in [0.25, 0.3) is 0 Å². The molecule has 0 amide bonds. The van der Waals surface area contributed by atoms with Gasteiger partial charge in [-0.15, -0.1) is 16.5 Å². The number of nitrogen functional groups attached to an aromatic ring is 1. The molecule has 1 aromatic carbocycles. The summed E-state index contributed by atoms with van der Waals surface area (Å²) < 4.78 is 0. The van der Waals surface area contributed by atoms with E-state index in [0.717, 1.165) is 16.9 Å². The van der Waals surface area contributed by atoms with Crippen molar-refractivity contribution in [2.45, 2.75) is 11.8 Å². The zero-order valence-corrected chi connectivity index (χ0v) is 12.4. The molecule has 4 rings (SSSR count). The first-order chi connectivity index (χ1) is 10.3. The van der Waals surface area contributed by atoms with E-state index in [-0.39, 0.29) is 6.04 Å². The predicted octanol–water partition coefficient (Wildman–Crippen LogP) is 3.57. The van der Waals surface area contributed by atoms with Gasteiger partial charge >= 0.3 is 0 Å². The van der Waals surface area contributed by atoms with Gasteiger partial charge in [-0.2, -0.15) is 5.11 Å². The number of nitrogens with two attached hydrogens (primary N) is 1. The van der Waals surface area contributed by atoms with Crippen molar-refractivity contribution in [1.82, 2.24) is 4.98 Å². The fourth-order valence-corrected chi connectivity index (χ4v) is 3.52. The molecule has 0 saturated carbocycles. The average molecular weight is 314 g/mol. The third kappa shape index (κ3) is 2.36. The molecule has 2 aliphatic heterocycles. The van der Waals surface area contributed by atoms with Crippen molar-refractivity contribution in [2.75, 3.05) is 5.73 Å². The molecule has 2 aliphatic rings. The van der Waals surface area contributed by atoms with Gasteiger partial charge in [0.2, 0.25) is 5.17 Å². The number of azo groups is 1. The lowest BCUT2D eigenvalue weighted by Gasteiger charge is -2.10. The summed E-state index contributed by atoms with van der Waals surface area (Å²) in [5.74, 6) is 1.39. The summed E-state index contributed by atoms with van der Waals surface area (Å²) >= 11 is 2.92. The second-order valence-electron chi connectivity index (χ2n) is 4.51. The highest BCUT2D eigenvalue weighted by molar-refractivity contribution is 8.13. The zero-order chi connectivity index (χ0) is 14.2. The maximum atomic E-state index is 5.61.